The van der Waals surface area contributed by atoms with Crippen molar-refractivity contribution in [1.82, 2.24) is 4.72 Å². The summed E-state index contributed by atoms with van der Waals surface area (Å²) in [6.45, 7) is 1.53. The molecular formula is C3H8N2O3S. The maximum absolute atomic E-state index is 10.3. The van der Waals surface area contributed by atoms with Gasteiger partial charge in [-0.05, 0) is 0 Å². The number of carbonyl (C=O) groups excluding carboxylic acids is 1. The van der Waals surface area contributed by atoms with Crippen molar-refractivity contribution in [2.24, 2.45) is 5.14 Å². The minimum atomic E-state index is -3.83. The molecule has 6 heteroatoms. The first-order valence-electron chi connectivity index (χ1n) is 2.29. The molecule has 0 aliphatic rings. The molecule has 0 atom stereocenters. The van der Waals surface area contributed by atoms with E-state index in [0.29, 0.717) is 0 Å². The highest BCUT2D eigenvalue weighted by Crippen LogP contribution is 1.75. The van der Waals surface area contributed by atoms with Crippen molar-refractivity contribution in [2.45, 2.75) is 13.3 Å². The van der Waals surface area contributed by atoms with Crippen LogP contribution in [-0.2, 0) is 15.0 Å². The van der Waals surface area contributed by atoms with Crippen molar-refractivity contribution in [3.05, 3.63) is 0 Å². The Morgan fingerprint density at radius 3 is 2.22 bits per heavy atom. The van der Waals surface area contributed by atoms with Crippen LogP contribution in [0.4, 0.5) is 0 Å². The SMILES string of the molecule is CCC(=O)NS(N)(=O)=O. The van der Waals surface area contributed by atoms with Gasteiger partial charge in [-0.3, -0.25) is 4.79 Å². The molecule has 0 aromatic carbocycles. The molecule has 0 radical (unpaired) electrons. The Bertz CT molecular complexity index is 195. The average molecular weight is 152 g/mol. The molecule has 0 aromatic rings. The van der Waals surface area contributed by atoms with Crippen LogP contribution in [-0.4, -0.2) is 14.3 Å². The number of hydrogen-bond acceptors (Lipinski definition) is 3. The predicted molar refractivity (Wildman–Crippen MR) is 31.5 cm³/mol. The molecule has 5 nitrogen and oxygen atoms in total. The summed E-state index contributed by atoms with van der Waals surface area (Å²) in [5, 5.41) is 4.45. The van der Waals surface area contributed by atoms with Crippen molar-refractivity contribution in [2.75, 3.05) is 0 Å². The number of amides is 1. The monoisotopic (exact) mass is 152 g/mol. The lowest BCUT2D eigenvalue weighted by Crippen LogP contribution is -2.35. The van der Waals surface area contributed by atoms with E-state index < -0.39 is 16.1 Å². The lowest BCUT2D eigenvalue weighted by molar-refractivity contribution is -0.119. The van der Waals surface area contributed by atoms with Gasteiger partial charge in [-0.25, -0.2) is 9.86 Å². The van der Waals surface area contributed by atoms with Crippen molar-refractivity contribution < 1.29 is 13.2 Å². The molecule has 9 heavy (non-hydrogen) atoms. The number of hydrogen-bond donors (Lipinski definition) is 2. The Hall–Kier alpha value is -0.620. The summed E-state index contributed by atoms with van der Waals surface area (Å²) >= 11 is 0. The smallest absolute Gasteiger partial charge is 0.274 e. The summed E-state index contributed by atoms with van der Waals surface area (Å²) < 4.78 is 21.7. The standard InChI is InChI=1S/C3H8N2O3S/c1-2-3(6)5-9(4,7)8/h2H2,1H3,(H,5,6)(H2,4,7,8). The molecule has 1 amide bonds. The van der Waals surface area contributed by atoms with Crippen LogP contribution in [0.5, 0.6) is 0 Å². The van der Waals surface area contributed by atoms with Gasteiger partial charge in [-0.15, -0.1) is 0 Å². The number of nitrogens with two attached hydrogens (primary N) is 1. The van der Waals surface area contributed by atoms with Crippen LogP contribution in [0.15, 0.2) is 0 Å². The van der Waals surface area contributed by atoms with E-state index in [1.54, 1.807) is 4.72 Å². The summed E-state index contributed by atoms with van der Waals surface area (Å²) in [5.74, 6) is -0.600. The number of nitrogens with one attached hydrogen (secondary N) is 1. The highest BCUT2D eigenvalue weighted by Gasteiger charge is 2.04. The molecule has 54 valence electrons. The van der Waals surface area contributed by atoms with Gasteiger partial charge in [0, 0.05) is 6.42 Å². The maximum Gasteiger partial charge on any atom is 0.298 e. The van der Waals surface area contributed by atoms with E-state index in [-0.39, 0.29) is 6.42 Å². The average Bonchev–Trinajstić information content (AvgIpc) is 1.62. The fourth-order valence-corrected chi connectivity index (χ4v) is 0.693. The summed E-state index contributed by atoms with van der Waals surface area (Å²) in [5.41, 5.74) is 0. The van der Waals surface area contributed by atoms with Gasteiger partial charge in [0.2, 0.25) is 5.91 Å². The summed E-state index contributed by atoms with van der Waals surface area (Å²) in [7, 11) is -3.83. The van der Waals surface area contributed by atoms with Gasteiger partial charge >= 0.3 is 0 Å². The van der Waals surface area contributed by atoms with Gasteiger partial charge in [-0.2, -0.15) is 8.42 Å². The van der Waals surface area contributed by atoms with Crippen molar-refractivity contribution in [3.8, 4) is 0 Å². The fourth-order valence-electron chi connectivity index (χ4n) is 0.231. The minimum Gasteiger partial charge on any atom is -0.274 e. The van der Waals surface area contributed by atoms with Gasteiger partial charge in [0.1, 0.15) is 0 Å². The second kappa shape index (κ2) is 2.79. The molecule has 0 rings (SSSR count). The molecule has 0 fully saturated rings. The third kappa shape index (κ3) is 5.25. The third-order valence-corrected chi connectivity index (χ3v) is 1.09. The van der Waals surface area contributed by atoms with Crippen LogP contribution >= 0.6 is 0 Å². The summed E-state index contributed by atoms with van der Waals surface area (Å²) in [6.07, 6.45) is 0.108. The predicted octanol–water partition coefficient (Wildman–Crippen LogP) is -1.28. The van der Waals surface area contributed by atoms with Gasteiger partial charge in [0.25, 0.3) is 10.2 Å². The quantitative estimate of drug-likeness (QED) is 0.516. The first-order valence-corrected chi connectivity index (χ1v) is 3.83. The molecule has 0 bridgehead atoms. The lowest BCUT2D eigenvalue weighted by atomic mass is 10.5. The Kier molecular flexibility index (Phi) is 2.60. The zero-order valence-corrected chi connectivity index (χ0v) is 5.73. The minimum absolute atomic E-state index is 0.108. The second-order valence-electron chi connectivity index (χ2n) is 1.42. The molecule has 0 aromatic heterocycles. The van der Waals surface area contributed by atoms with E-state index in [4.69, 9.17) is 0 Å². The van der Waals surface area contributed by atoms with Gasteiger partial charge in [0.15, 0.2) is 0 Å². The van der Waals surface area contributed by atoms with Crippen molar-refractivity contribution in [1.29, 1.82) is 0 Å². The molecule has 0 aliphatic heterocycles. The molecule has 3 N–H and O–H groups in total. The zero-order valence-electron chi connectivity index (χ0n) is 4.92. The van der Waals surface area contributed by atoms with E-state index in [1.807, 2.05) is 0 Å². The molecular weight excluding hydrogens is 144 g/mol. The lowest BCUT2D eigenvalue weighted by Gasteiger charge is -1.96. The largest absolute Gasteiger partial charge is 0.298 e. The third-order valence-electron chi connectivity index (χ3n) is 0.577. The summed E-state index contributed by atoms with van der Waals surface area (Å²) in [6, 6.07) is 0. The first-order chi connectivity index (χ1) is 3.95. The molecule has 0 saturated carbocycles. The van der Waals surface area contributed by atoms with E-state index in [1.165, 1.54) is 6.92 Å². The van der Waals surface area contributed by atoms with Crippen LogP contribution in [0.2, 0.25) is 0 Å². The van der Waals surface area contributed by atoms with Gasteiger partial charge in [0.05, 0.1) is 0 Å². The molecule has 0 unspecified atom stereocenters. The van der Waals surface area contributed by atoms with Crippen LogP contribution in [0.3, 0.4) is 0 Å². The van der Waals surface area contributed by atoms with Crippen molar-refractivity contribution >= 4 is 16.1 Å². The molecule has 0 aliphatic carbocycles. The Labute approximate surface area is 53.4 Å². The van der Waals surface area contributed by atoms with Crippen LogP contribution in [0.1, 0.15) is 13.3 Å². The first kappa shape index (κ1) is 8.38. The molecule has 0 heterocycles. The normalized spacial score (nSPS) is 10.9. The number of carbonyl (C=O) groups is 1. The fraction of sp³-hybridized carbons (Fsp3) is 0.667. The van der Waals surface area contributed by atoms with E-state index in [0.717, 1.165) is 0 Å². The Morgan fingerprint density at radius 1 is 1.67 bits per heavy atom. The Balaban J connectivity index is 3.91. The van der Waals surface area contributed by atoms with E-state index >= 15 is 0 Å². The number of rotatable bonds is 2. The Morgan fingerprint density at radius 2 is 2.11 bits per heavy atom. The van der Waals surface area contributed by atoms with E-state index in [2.05, 4.69) is 5.14 Å². The maximum atomic E-state index is 10.3. The van der Waals surface area contributed by atoms with Crippen LogP contribution < -0.4 is 9.86 Å². The van der Waals surface area contributed by atoms with E-state index in [9.17, 15) is 13.2 Å². The topological polar surface area (TPSA) is 89.3 Å². The second-order valence-corrected chi connectivity index (χ2v) is 2.72. The highest BCUT2D eigenvalue weighted by atomic mass is 32.2. The van der Waals surface area contributed by atoms with Crippen LogP contribution in [0.25, 0.3) is 0 Å². The zero-order chi connectivity index (χ0) is 7.49. The van der Waals surface area contributed by atoms with Gasteiger partial charge < -0.3 is 0 Å². The molecule has 0 spiro atoms. The molecule has 0 saturated heterocycles. The van der Waals surface area contributed by atoms with Crippen molar-refractivity contribution in [3.63, 3.8) is 0 Å². The summed E-state index contributed by atoms with van der Waals surface area (Å²) in [4.78, 5) is 10.3. The van der Waals surface area contributed by atoms with Gasteiger partial charge in [-0.1, -0.05) is 6.92 Å². The van der Waals surface area contributed by atoms with Crippen LogP contribution in [0, 0.1) is 0 Å². The highest BCUT2D eigenvalue weighted by molar-refractivity contribution is 7.87.